The van der Waals surface area contributed by atoms with Crippen LogP contribution in [0.4, 0.5) is 0 Å². The van der Waals surface area contributed by atoms with Gasteiger partial charge in [-0.05, 0) is 36.2 Å². The molecular formula is C23H29N5O2. The minimum atomic E-state index is 0.585. The highest BCUT2D eigenvalue weighted by molar-refractivity contribution is 5.79. The van der Waals surface area contributed by atoms with Gasteiger partial charge in [0.1, 0.15) is 11.5 Å². The zero-order valence-electron chi connectivity index (χ0n) is 17.8. The Labute approximate surface area is 177 Å². The molecule has 0 unspecified atom stereocenters. The molecule has 158 valence electrons. The first kappa shape index (κ1) is 21.2. The number of hydrogen-bond acceptors (Lipinski definition) is 4. The van der Waals surface area contributed by atoms with E-state index in [2.05, 4.69) is 46.9 Å². The van der Waals surface area contributed by atoms with E-state index in [-0.39, 0.29) is 0 Å². The second-order valence-corrected chi connectivity index (χ2v) is 6.75. The van der Waals surface area contributed by atoms with E-state index in [4.69, 9.17) is 14.5 Å². The number of nitrogens with one attached hydrogen (secondary N) is 2. The van der Waals surface area contributed by atoms with Gasteiger partial charge in [0.05, 0.1) is 27.3 Å². The average molecular weight is 408 g/mol. The average Bonchev–Trinajstić information content (AvgIpc) is 3.29. The Balaban J connectivity index is 1.65. The summed E-state index contributed by atoms with van der Waals surface area (Å²) in [5, 5.41) is 10.9. The highest BCUT2D eigenvalue weighted by Crippen LogP contribution is 2.24. The summed E-state index contributed by atoms with van der Waals surface area (Å²) >= 11 is 0. The van der Waals surface area contributed by atoms with E-state index in [0.29, 0.717) is 13.1 Å². The van der Waals surface area contributed by atoms with Gasteiger partial charge in [-0.15, -0.1) is 0 Å². The van der Waals surface area contributed by atoms with E-state index < -0.39 is 0 Å². The summed E-state index contributed by atoms with van der Waals surface area (Å²) < 4.78 is 12.7. The van der Waals surface area contributed by atoms with Crippen molar-refractivity contribution in [1.29, 1.82) is 0 Å². The molecule has 2 N–H and O–H groups in total. The monoisotopic (exact) mass is 407 g/mol. The van der Waals surface area contributed by atoms with Crippen molar-refractivity contribution in [2.24, 2.45) is 4.99 Å². The number of rotatable bonds is 9. The summed E-state index contributed by atoms with van der Waals surface area (Å²) in [6.45, 7) is 4.77. The fraction of sp³-hybridized carbons (Fsp3) is 0.304. The number of guanidine groups is 1. The Morgan fingerprint density at radius 1 is 1.03 bits per heavy atom. The molecule has 1 heterocycles. The van der Waals surface area contributed by atoms with Crippen molar-refractivity contribution in [2.75, 3.05) is 20.8 Å². The lowest BCUT2D eigenvalue weighted by Gasteiger charge is -2.14. The van der Waals surface area contributed by atoms with E-state index in [9.17, 15) is 0 Å². The molecule has 7 nitrogen and oxygen atoms in total. The molecular weight excluding hydrogens is 378 g/mol. The van der Waals surface area contributed by atoms with Crippen molar-refractivity contribution >= 4 is 5.96 Å². The SMILES string of the molecule is CCNC(=NCc1cccc(Cn2cccn2)c1)NCc1ccc(OC)cc1OC. The molecule has 0 aliphatic heterocycles. The van der Waals surface area contributed by atoms with E-state index >= 15 is 0 Å². The topological polar surface area (TPSA) is 72.7 Å². The van der Waals surface area contributed by atoms with Crippen LogP contribution in [0.3, 0.4) is 0 Å². The summed E-state index contributed by atoms with van der Waals surface area (Å²) in [6.07, 6.45) is 3.76. The maximum absolute atomic E-state index is 5.48. The van der Waals surface area contributed by atoms with E-state index in [1.54, 1.807) is 20.4 Å². The van der Waals surface area contributed by atoms with E-state index in [0.717, 1.165) is 41.7 Å². The van der Waals surface area contributed by atoms with Gasteiger partial charge in [-0.3, -0.25) is 4.68 Å². The van der Waals surface area contributed by atoms with Gasteiger partial charge in [0.2, 0.25) is 0 Å². The summed E-state index contributed by atoms with van der Waals surface area (Å²) in [7, 11) is 3.31. The third-order valence-corrected chi connectivity index (χ3v) is 4.60. The molecule has 1 aromatic heterocycles. The minimum absolute atomic E-state index is 0.585. The smallest absolute Gasteiger partial charge is 0.191 e. The van der Waals surface area contributed by atoms with Crippen LogP contribution in [0.1, 0.15) is 23.6 Å². The van der Waals surface area contributed by atoms with Crippen LogP contribution in [0.5, 0.6) is 11.5 Å². The summed E-state index contributed by atoms with van der Waals surface area (Å²) in [5.74, 6) is 2.31. The molecule has 0 saturated carbocycles. The number of aromatic nitrogens is 2. The van der Waals surface area contributed by atoms with Gasteiger partial charge in [-0.25, -0.2) is 4.99 Å². The molecule has 3 aromatic rings. The number of ether oxygens (including phenoxy) is 2. The number of benzene rings is 2. The zero-order valence-corrected chi connectivity index (χ0v) is 17.8. The summed E-state index contributed by atoms with van der Waals surface area (Å²) in [4.78, 5) is 4.73. The maximum Gasteiger partial charge on any atom is 0.191 e. The normalized spacial score (nSPS) is 11.2. The second kappa shape index (κ2) is 10.9. The largest absolute Gasteiger partial charge is 0.497 e. The van der Waals surface area contributed by atoms with E-state index in [1.807, 2.05) is 35.1 Å². The van der Waals surface area contributed by atoms with Crippen LogP contribution in [0, 0.1) is 0 Å². The van der Waals surface area contributed by atoms with Crippen molar-refractivity contribution in [1.82, 2.24) is 20.4 Å². The molecule has 0 saturated heterocycles. The first-order chi connectivity index (χ1) is 14.7. The fourth-order valence-electron chi connectivity index (χ4n) is 3.10. The molecule has 0 atom stereocenters. The van der Waals surface area contributed by atoms with E-state index in [1.165, 1.54) is 5.56 Å². The van der Waals surface area contributed by atoms with Gasteiger partial charge in [0, 0.05) is 37.1 Å². The third kappa shape index (κ3) is 6.01. The van der Waals surface area contributed by atoms with Crippen LogP contribution >= 0.6 is 0 Å². The molecule has 30 heavy (non-hydrogen) atoms. The quantitative estimate of drug-likeness (QED) is 0.421. The highest BCUT2D eigenvalue weighted by atomic mass is 16.5. The Morgan fingerprint density at radius 3 is 2.63 bits per heavy atom. The van der Waals surface area contributed by atoms with Gasteiger partial charge in [0.15, 0.2) is 5.96 Å². The number of hydrogen-bond donors (Lipinski definition) is 2. The van der Waals surface area contributed by atoms with Crippen molar-refractivity contribution in [3.63, 3.8) is 0 Å². The van der Waals surface area contributed by atoms with Crippen molar-refractivity contribution in [2.45, 2.75) is 26.6 Å². The van der Waals surface area contributed by atoms with Crippen LogP contribution in [-0.2, 0) is 19.6 Å². The number of nitrogens with zero attached hydrogens (tertiary/aromatic N) is 3. The lowest BCUT2D eigenvalue weighted by molar-refractivity contribution is 0.390. The predicted octanol–water partition coefficient (Wildman–Crippen LogP) is 3.20. The Bertz CT molecular complexity index is 954. The van der Waals surface area contributed by atoms with Crippen LogP contribution in [-0.4, -0.2) is 36.5 Å². The third-order valence-electron chi connectivity index (χ3n) is 4.60. The molecule has 0 aliphatic rings. The standard InChI is InChI=1S/C23H29N5O2/c1-4-24-23(26-16-20-9-10-21(29-2)14-22(20)30-3)25-15-18-7-5-8-19(13-18)17-28-12-6-11-27-28/h5-14H,4,15-17H2,1-3H3,(H2,24,25,26). The molecule has 0 bridgehead atoms. The first-order valence-electron chi connectivity index (χ1n) is 10.00. The molecule has 2 aromatic carbocycles. The van der Waals surface area contributed by atoms with Gasteiger partial charge in [-0.2, -0.15) is 5.10 Å². The van der Waals surface area contributed by atoms with Gasteiger partial charge in [-0.1, -0.05) is 24.3 Å². The van der Waals surface area contributed by atoms with Gasteiger partial charge in [0.25, 0.3) is 0 Å². The molecule has 3 rings (SSSR count). The molecule has 0 amide bonds. The maximum atomic E-state index is 5.48. The molecule has 0 aliphatic carbocycles. The van der Waals surface area contributed by atoms with Crippen LogP contribution in [0.15, 0.2) is 65.9 Å². The van der Waals surface area contributed by atoms with Crippen molar-refractivity contribution in [3.8, 4) is 11.5 Å². The minimum Gasteiger partial charge on any atom is -0.497 e. The molecule has 0 radical (unpaired) electrons. The van der Waals surface area contributed by atoms with Crippen molar-refractivity contribution < 1.29 is 9.47 Å². The van der Waals surface area contributed by atoms with Crippen LogP contribution in [0.2, 0.25) is 0 Å². The van der Waals surface area contributed by atoms with Gasteiger partial charge >= 0.3 is 0 Å². The molecule has 7 heteroatoms. The predicted molar refractivity (Wildman–Crippen MR) is 119 cm³/mol. The second-order valence-electron chi connectivity index (χ2n) is 6.75. The Morgan fingerprint density at radius 2 is 1.90 bits per heavy atom. The summed E-state index contributed by atoms with van der Waals surface area (Å²) in [5.41, 5.74) is 3.39. The lowest BCUT2D eigenvalue weighted by Crippen LogP contribution is -2.36. The number of aliphatic imine (C=N–C) groups is 1. The highest BCUT2D eigenvalue weighted by Gasteiger charge is 2.06. The molecule has 0 fully saturated rings. The summed E-state index contributed by atoms with van der Waals surface area (Å²) in [6, 6.07) is 16.2. The molecule has 0 spiro atoms. The fourth-order valence-corrected chi connectivity index (χ4v) is 3.10. The zero-order chi connectivity index (χ0) is 21.2. The van der Waals surface area contributed by atoms with Crippen LogP contribution in [0.25, 0.3) is 0 Å². The Hall–Kier alpha value is -3.48. The Kier molecular flexibility index (Phi) is 7.71. The lowest BCUT2D eigenvalue weighted by atomic mass is 10.1. The van der Waals surface area contributed by atoms with Crippen molar-refractivity contribution in [3.05, 3.63) is 77.6 Å². The first-order valence-corrected chi connectivity index (χ1v) is 10.00. The van der Waals surface area contributed by atoms with Gasteiger partial charge < -0.3 is 20.1 Å². The van der Waals surface area contributed by atoms with Crippen LogP contribution < -0.4 is 20.1 Å². The number of methoxy groups -OCH3 is 2.